The molecule has 0 aromatic heterocycles. The lowest BCUT2D eigenvalue weighted by molar-refractivity contribution is 0.000854. The number of nitrogens with zero attached hydrogens (tertiary/aromatic N) is 1. The molecule has 5 heteroatoms. The van der Waals surface area contributed by atoms with Crippen molar-refractivity contribution in [3.63, 3.8) is 0 Å². The van der Waals surface area contributed by atoms with Crippen LogP contribution >= 0.6 is 0 Å². The molecule has 1 N–H and O–H groups in total. The molecule has 0 bridgehead atoms. The summed E-state index contributed by atoms with van der Waals surface area (Å²) in [5.74, 6) is 0. The molecule has 1 saturated heterocycles. The Hall–Kier alpha value is 0.0569. The van der Waals surface area contributed by atoms with Crippen molar-refractivity contribution in [2.24, 2.45) is 0 Å². The second-order valence-electron chi connectivity index (χ2n) is 4.82. The third-order valence-electron chi connectivity index (χ3n) is 3.24. The lowest BCUT2D eigenvalue weighted by Gasteiger charge is -2.37. The van der Waals surface area contributed by atoms with Crippen molar-refractivity contribution in [1.82, 2.24) is 10.2 Å². The van der Waals surface area contributed by atoms with Gasteiger partial charge in [-0.25, -0.2) is 0 Å². The second-order valence-corrected chi connectivity index (χ2v) is 8.11. The third-order valence-corrected chi connectivity index (χ3v) is 6.39. The molecule has 2 unspecified atom stereocenters. The van der Waals surface area contributed by atoms with Gasteiger partial charge in [-0.15, -0.1) is 0 Å². The topological polar surface area (TPSA) is 33.7 Å². The van der Waals surface area contributed by atoms with E-state index in [1.807, 2.05) is 0 Å². The Bertz CT molecular complexity index is 205. The van der Waals surface area contributed by atoms with Crippen LogP contribution in [-0.2, 0) is 8.85 Å². The molecule has 0 aromatic carbocycles. The van der Waals surface area contributed by atoms with Crippen LogP contribution in [0, 0.1) is 0 Å². The van der Waals surface area contributed by atoms with Gasteiger partial charge < -0.3 is 14.2 Å². The highest BCUT2D eigenvalue weighted by molar-refractivity contribution is 6.66. The Labute approximate surface area is 107 Å². The van der Waals surface area contributed by atoms with Gasteiger partial charge in [-0.1, -0.05) is 13.3 Å². The highest BCUT2D eigenvalue weighted by Crippen LogP contribution is 2.19. The van der Waals surface area contributed by atoms with Crippen molar-refractivity contribution in [2.75, 3.05) is 32.8 Å². The van der Waals surface area contributed by atoms with Crippen molar-refractivity contribution < 1.29 is 8.85 Å². The molecule has 0 saturated carbocycles. The van der Waals surface area contributed by atoms with Crippen LogP contribution in [0.2, 0.25) is 12.6 Å². The summed E-state index contributed by atoms with van der Waals surface area (Å²) in [6.45, 7) is 13.6. The Morgan fingerprint density at radius 1 is 1.29 bits per heavy atom. The summed E-state index contributed by atoms with van der Waals surface area (Å²) in [6.07, 6.45) is 1.32. The van der Waals surface area contributed by atoms with Crippen molar-refractivity contribution in [2.45, 2.75) is 46.0 Å². The molecule has 1 aliphatic heterocycles. The minimum absolute atomic E-state index is 0.187. The Morgan fingerprint density at radius 2 is 1.94 bits per heavy atom. The molecule has 4 nitrogen and oxygen atoms in total. The first-order valence-corrected chi connectivity index (χ1v) is 9.40. The van der Waals surface area contributed by atoms with E-state index >= 15 is 0 Å². The summed E-state index contributed by atoms with van der Waals surface area (Å²) in [6, 6.07) is 1.08. The fourth-order valence-electron chi connectivity index (χ4n) is 2.41. The molecule has 2 atom stereocenters. The van der Waals surface area contributed by atoms with E-state index in [1.165, 1.54) is 0 Å². The second kappa shape index (κ2) is 7.48. The number of hydrogen-bond acceptors (Lipinski definition) is 4. The minimum atomic E-state index is -1.96. The van der Waals surface area contributed by atoms with Crippen molar-refractivity contribution in [1.29, 1.82) is 0 Å². The van der Waals surface area contributed by atoms with Gasteiger partial charge in [0.15, 0.2) is 0 Å². The van der Waals surface area contributed by atoms with Crippen LogP contribution in [0.15, 0.2) is 0 Å². The SMILES string of the molecule is CCC[Si](C)(OCC)OC(C)N1CCNCC1. The number of nitrogens with one attached hydrogen (secondary N) is 1. The predicted molar refractivity (Wildman–Crippen MR) is 73.3 cm³/mol. The first-order chi connectivity index (χ1) is 8.11. The first-order valence-electron chi connectivity index (χ1n) is 6.88. The summed E-state index contributed by atoms with van der Waals surface area (Å²) in [7, 11) is -1.96. The molecule has 0 aliphatic carbocycles. The van der Waals surface area contributed by atoms with Crippen LogP contribution in [0.25, 0.3) is 0 Å². The van der Waals surface area contributed by atoms with E-state index in [-0.39, 0.29) is 6.23 Å². The van der Waals surface area contributed by atoms with Crippen LogP contribution < -0.4 is 5.32 Å². The maximum absolute atomic E-state index is 6.27. The molecular weight excluding hydrogens is 232 g/mol. The minimum Gasteiger partial charge on any atom is -0.395 e. The van der Waals surface area contributed by atoms with Gasteiger partial charge in [-0.2, -0.15) is 0 Å². The summed E-state index contributed by atoms with van der Waals surface area (Å²) < 4.78 is 12.2. The monoisotopic (exact) mass is 260 g/mol. The average molecular weight is 260 g/mol. The van der Waals surface area contributed by atoms with Crippen LogP contribution in [-0.4, -0.2) is 52.5 Å². The van der Waals surface area contributed by atoms with E-state index in [1.54, 1.807) is 0 Å². The Balaban J connectivity index is 2.46. The zero-order valence-electron chi connectivity index (χ0n) is 11.8. The molecular formula is C12H28N2O2Si. The number of rotatable bonds is 7. The third kappa shape index (κ3) is 5.05. The average Bonchev–Trinajstić information content (AvgIpc) is 2.30. The molecule has 1 fully saturated rings. The summed E-state index contributed by atoms with van der Waals surface area (Å²) in [5.41, 5.74) is 0. The van der Waals surface area contributed by atoms with Crippen molar-refractivity contribution in [3.8, 4) is 0 Å². The van der Waals surface area contributed by atoms with E-state index in [0.29, 0.717) is 0 Å². The summed E-state index contributed by atoms with van der Waals surface area (Å²) >= 11 is 0. The maximum Gasteiger partial charge on any atom is 0.336 e. The van der Waals surface area contributed by atoms with Gasteiger partial charge in [-0.3, -0.25) is 4.90 Å². The predicted octanol–water partition coefficient (Wildman–Crippen LogP) is 1.77. The molecule has 1 heterocycles. The highest BCUT2D eigenvalue weighted by Gasteiger charge is 2.33. The van der Waals surface area contributed by atoms with Crippen LogP contribution in [0.3, 0.4) is 0 Å². The van der Waals surface area contributed by atoms with Gasteiger partial charge in [0.2, 0.25) is 0 Å². The molecule has 0 radical (unpaired) electrons. The highest BCUT2D eigenvalue weighted by atomic mass is 28.4. The van der Waals surface area contributed by atoms with E-state index in [9.17, 15) is 0 Å². The van der Waals surface area contributed by atoms with Gasteiger partial charge in [0.05, 0.1) is 6.23 Å². The van der Waals surface area contributed by atoms with Gasteiger partial charge in [0.1, 0.15) is 0 Å². The Morgan fingerprint density at radius 3 is 2.47 bits per heavy atom. The van der Waals surface area contributed by atoms with E-state index in [2.05, 4.69) is 37.5 Å². The summed E-state index contributed by atoms with van der Waals surface area (Å²) in [5, 5.41) is 3.37. The zero-order valence-corrected chi connectivity index (χ0v) is 12.8. The van der Waals surface area contributed by atoms with Crippen molar-refractivity contribution in [3.05, 3.63) is 0 Å². The van der Waals surface area contributed by atoms with Gasteiger partial charge in [-0.05, 0) is 26.4 Å². The lowest BCUT2D eigenvalue weighted by Crippen LogP contribution is -2.52. The van der Waals surface area contributed by atoms with Crippen molar-refractivity contribution >= 4 is 8.56 Å². The quantitative estimate of drug-likeness (QED) is 0.708. The summed E-state index contributed by atoms with van der Waals surface area (Å²) in [4.78, 5) is 2.40. The van der Waals surface area contributed by atoms with E-state index in [0.717, 1.165) is 45.3 Å². The molecule has 17 heavy (non-hydrogen) atoms. The van der Waals surface area contributed by atoms with Crippen LogP contribution in [0.5, 0.6) is 0 Å². The van der Waals surface area contributed by atoms with Gasteiger partial charge >= 0.3 is 8.56 Å². The van der Waals surface area contributed by atoms with Gasteiger partial charge in [0.25, 0.3) is 0 Å². The van der Waals surface area contributed by atoms with Gasteiger partial charge in [0, 0.05) is 32.8 Å². The molecule has 1 aliphatic rings. The first kappa shape index (κ1) is 15.1. The molecule has 0 amide bonds. The maximum atomic E-state index is 6.27. The van der Waals surface area contributed by atoms with Crippen LogP contribution in [0.4, 0.5) is 0 Å². The normalized spacial score (nSPS) is 23.3. The zero-order chi connectivity index (χ0) is 12.7. The molecule has 1 rings (SSSR count). The molecule has 0 spiro atoms. The standard InChI is InChI=1S/C12H28N2O2Si/c1-5-11-17(4,15-6-2)16-12(3)14-9-7-13-8-10-14/h12-13H,5-11H2,1-4H3. The number of hydrogen-bond donors (Lipinski definition) is 1. The van der Waals surface area contributed by atoms with E-state index < -0.39 is 8.56 Å². The van der Waals surface area contributed by atoms with E-state index in [4.69, 9.17) is 8.85 Å². The fourth-order valence-corrected chi connectivity index (χ4v) is 5.13. The smallest absolute Gasteiger partial charge is 0.336 e. The largest absolute Gasteiger partial charge is 0.395 e. The molecule has 102 valence electrons. The number of piperazine rings is 1. The van der Waals surface area contributed by atoms with Crippen LogP contribution in [0.1, 0.15) is 27.2 Å². The lowest BCUT2D eigenvalue weighted by atomic mass is 10.3. The fraction of sp³-hybridized carbons (Fsp3) is 1.00. The Kier molecular flexibility index (Phi) is 6.65. The molecule has 0 aromatic rings.